The average molecular weight is 423 g/mol. The predicted octanol–water partition coefficient (Wildman–Crippen LogP) is 2.89. The molecular weight excluding hydrogens is 396 g/mol. The van der Waals surface area contributed by atoms with E-state index in [9.17, 15) is 13.2 Å². The summed E-state index contributed by atoms with van der Waals surface area (Å²) >= 11 is 0. The molecule has 29 heavy (non-hydrogen) atoms. The Labute approximate surface area is 170 Å². The molecule has 0 saturated heterocycles. The standard InChI is InChI=1S/C20H26N2O6S/c1-5-26-20(23)19-13(3)16(21-14(19)4)11-22(29(24,25)6-2)10-15-7-8-17-18(9-15)28-12-27-17/h7-9,21H,5-6,10-12H2,1-4H3. The zero-order chi connectivity index (χ0) is 21.2. The van der Waals surface area contributed by atoms with E-state index in [1.807, 2.05) is 6.07 Å². The lowest BCUT2D eigenvalue weighted by atomic mass is 10.1. The van der Waals surface area contributed by atoms with Crippen LogP contribution in [0.15, 0.2) is 18.2 Å². The third kappa shape index (κ3) is 4.40. The molecule has 0 atom stereocenters. The smallest absolute Gasteiger partial charge is 0.340 e. The Morgan fingerprint density at radius 1 is 1.17 bits per heavy atom. The number of hydrogen-bond acceptors (Lipinski definition) is 6. The molecule has 0 aliphatic carbocycles. The number of aromatic amines is 1. The van der Waals surface area contributed by atoms with Crippen LogP contribution in [0.1, 0.15) is 46.7 Å². The molecule has 1 N–H and O–H groups in total. The molecule has 0 unspecified atom stereocenters. The summed E-state index contributed by atoms with van der Waals surface area (Å²) in [5, 5.41) is 0. The van der Waals surface area contributed by atoms with Crippen molar-refractivity contribution in [2.45, 2.75) is 40.8 Å². The second kappa shape index (κ2) is 8.46. The second-order valence-corrected chi connectivity index (χ2v) is 9.06. The molecule has 1 aromatic carbocycles. The summed E-state index contributed by atoms with van der Waals surface area (Å²) in [4.78, 5) is 15.4. The fourth-order valence-electron chi connectivity index (χ4n) is 3.34. The number of carbonyl (C=O) groups is 1. The highest BCUT2D eigenvalue weighted by atomic mass is 32.2. The van der Waals surface area contributed by atoms with Crippen LogP contribution in [0.5, 0.6) is 11.5 Å². The first-order valence-electron chi connectivity index (χ1n) is 9.48. The van der Waals surface area contributed by atoms with Gasteiger partial charge in [-0.2, -0.15) is 4.31 Å². The van der Waals surface area contributed by atoms with E-state index in [1.165, 1.54) is 4.31 Å². The molecule has 2 aromatic rings. The molecule has 1 aliphatic heterocycles. The molecule has 0 saturated carbocycles. The number of H-pyrrole nitrogens is 1. The monoisotopic (exact) mass is 422 g/mol. The summed E-state index contributed by atoms with van der Waals surface area (Å²) in [6.07, 6.45) is 0. The number of hydrogen-bond donors (Lipinski definition) is 1. The van der Waals surface area contributed by atoms with Crippen molar-refractivity contribution in [1.82, 2.24) is 9.29 Å². The van der Waals surface area contributed by atoms with Gasteiger partial charge in [0.25, 0.3) is 0 Å². The van der Waals surface area contributed by atoms with Crippen LogP contribution >= 0.6 is 0 Å². The van der Waals surface area contributed by atoms with Crippen LogP contribution in [0.3, 0.4) is 0 Å². The summed E-state index contributed by atoms with van der Waals surface area (Å²) in [7, 11) is -3.50. The molecular formula is C20H26N2O6S. The number of sulfonamides is 1. The van der Waals surface area contributed by atoms with E-state index in [2.05, 4.69) is 4.98 Å². The quantitative estimate of drug-likeness (QED) is 0.657. The van der Waals surface area contributed by atoms with Gasteiger partial charge in [0.15, 0.2) is 11.5 Å². The minimum absolute atomic E-state index is 0.0268. The Morgan fingerprint density at radius 3 is 2.59 bits per heavy atom. The van der Waals surface area contributed by atoms with Crippen LogP contribution in [-0.4, -0.2) is 42.8 Å². The maximum atomic E-state index is 12.7. The molecule has 0 fully saturated rings. The van der Waals surface area contributed by atoms with Crippen molar-refractivity contribution in [3.63, 3.8) is 0 Å². The van der Waals surface area contributed by atoms with Crippen molar-refractivity contribution in [2.24, 2.45) is 0 Å². The van der Waals surface area contributed by atoms with E-state index in [0.717, 1.165) is 5.56 Å². The minimum Gasteiger partial charge on any atom is -0.462 e. The molecule has 1 aliphatic rings. The number of benzene rings is 1. The molecule has 158 valence electrons. The third-order valence-electron chi connectivity index (χ3n) is 4.91. The van der Waals surface area contributed by atoms with Gasteiger partial charge in [0, 0.05) is 17.9 Å². The van der Waals surface area contributed by atoms with E-state index >= 15 is 0 Å². The molecule has 0 spiro atoms. The van der Waals surface area contributed by atoms with Crippen LogP contribution in [0.25, 0.3) is 0 Å². The van der Waals surface area contributed by atoms with E-state index in [4.69, 9.17) is 14.2 Å². The highest BCUT2D eigenvalue weighted by Crippen LogP contribution is 2.33. The van der Waals surface area contributed by atoms with Gasteiger partial charge in [0.2, 0.25) is 16.8 Å². The van der Waals surface area contributed by atoms with Gasteiger partial charge in [-0.25, -0.2) is 13.2 Å². The Bertz CT molecular complexity index is 1010. The topological polar surface area (TPSA) is 97.9 Å². The van der Waals surface area contributed by atoms with Crippen molar-refractivity contribution in [2.75, 3.05) is 19.2 Å². The molecule has 0 bridgehead atoms. The van der Waals surface area contributed by atoms with Gasteiger partial charge in [0.1, 0.15) is 0 Å². The number of esters is 1. The van der Waals surface area contributed by atoms with Gasteiger partial charge in [-0.15, -0.1) is 0 Å². The lowest BCUT2D eigenvalue weighted by Crippen LogP contribution is -2.32. The lowest BCUT2D eigenvalue weighted by molar-refractivity contribution is 0.0525. The third-order valence-corrected chi connectivity index (χ3v) is 6.68. The summed E-state index contributed by atoms with van der Waals surface area (Å²) in [5.74, 6) is 0.813. The lowest BCUT2D eigenvalue weighted by Gasteiger charge is -2.22. The van der Waals surface area contributed by atoms with Crippen molar-refractivity contribution < 1.29 is 27.4 Å². The number of nitrogens with zero attached hydrogens (tertiary/aromatic N) is 1. The van der Waals surface area contributed by atoms with E-state index in [-0.39, 0.29) is 32.2 Å². The Balaban J connectivity index is 1.89. The minimum atomic E-state index is -3.50. The summed E-state index contributed by atoms with van der Waals surface area (Å²) < 4.78 is 42.7. The van der Waals surface area contributed by atoms with Gasteiger partial charge in [-0.3, -0.25) is 0 Å². The van der Waals surface area contributed by atoms with Crippen LogP contribution in [0.2, 0.25) is 0 Å². The molecule has 2 heterocycles. The van der Waals surface area contributed by atoms with Gasteiger partial charge in [-0.05, 0) is 51.0 Å². The number of aryl methyl sites for hydroxylation is 1. The van der Waals surface area contributed by atoms with Gasteiger partial charge in [-0.1, -0.05) is 6.07 Å². The Kier molecular flexibility index (Phi) is 6.18. The SMILES string of the molecule is CCOC(=O)c1c(C)[nH]c(CN(Cc2ccc3c(c2)OCO3)S(=O)(=O)CC)c1C. The van der Waals surface area contributed by atoms with E-state index in [1.54, 1.807) is 39.8 Å². The average Bonchev–Trinajstić information content (AvgIpc) is 3.25. The first-order valence-corrected chi connectivity index (χ1v) is 11.1. The molecule has 0 amide bonds. The molecule has 9 heteroatoms. The number of fused-ring (bicyclic) bond motifs is 1. The summed E-state index contributed by atoms with van der Waals surface area (Å²) in [5.41, 5.74) is 3.27. The first kappa shape index (κ1) is 21.2. The van der Waals surface area contributed by atoms with Gasteiger partial charge < -0.3 is 19.2 Å². The highest BCUT2D eigenvalue weighted by molar-refractivity contribution is 7.89. The number of carbonyl (C=O) groups excluding carboxylic acids is 1. The van der Waals surface area contributed by atoms with Crippen molar-refractivity contribution >= 4 is 16.0 Å². The largest absolute Gasteiger partial charge is 0.462 e. The highest BCUT2D eigenvalue weighted by Gasteiger charge is 2.26. The predicted molar refractivity (Wildman–Crippen MR) is 107 cm³/mol. The van der Waals surface area contributed by atoms with Crippen molar-refractivity contribution in [3.05, 3.63) is 46.3 Å². The number of ether oxygens (including phenoxy) is 3. The van der Waals surface area contributed by atoms with Gasteiger partial charge in [0.05, 0.1) is 24.5 Å². The molecule has 8 nitrogen and oxygen atoms in total. The fourth-order valence-corrected chi connectivity index (χ4v) is 4.37. The van der Waals surface area contributed by atoms with E-state index in [0.29, 0.717) is 34.0 Å². The van der Waals surface area contributed by atoms with Crippen LogP contribution in [0.4, 0.5) is 0 Å². The number of aromatic nitrogens is 1. The van der Waals surface area contributed by atoms with Gasteiger partial charge >= 0.3 is 5.97 Å². The fraction of sp³-hybridized carbons (Fsp3) is 0.450. The zero-order valence-corrected chi connectivity index (χ0v) is 17.9. The number of nitrogens with one attached hydrogen (secondary N) is 1. The maximum Gasteiger partial charge on any atom is 0.340 e. The summed E-state index contributed by atoms with van der Waals surface area (Å²) in [6, 6.07) is 5.39. The molecule has 1 aromatic heterocycles. The zero-order valence-electron chi connectivity index (χ0n) is 17.1. The summed E-state index contributed by atoms with van der Waals surface area (Å²) in [6.45, 7) is 7.67. The van der Waals surface area contributed by atoms with Crippen molar-refractivity contribution in [3.8, 4) is 11.5 Å². The first-order chi connectivity index (χ1) is 13.8. The van der Waals surface area contributed by atoms with Crippen LogP contribution < -0.4 is 9.47 Å². The normalized spacial score (nSPS) is 13.1. The molecule has 3 rings (SSSR count). The second-order valence-electron chi connectivity index (χ2n) is 6.81. The maximum absolute atomic E-state index is 12.7. The van der Waals surface area contributed by atoms with E-state index < -0.39 is 16.0 Å². The van der Waals surface area contributed by atoms with Crippen LogP contribution in [0, 0.1) is 13.8 Å². The van der Waals surface area contributed by atoms with Crippen LogP contribution in [-0.2, 0) is 27.8 Å². The Hall–Kier alpha value is -2.52. The molecule has 0 radical (unpaired) electrons. The number of rotatable bonds is 8. The van der Waals surface area contributed by atoms with Crippen molar-refractivity contribution in [1.29, 1.82) is 0 Å². The Morgan fingerprint density at radius 2 is 1.90 bits per heavy atom.